The largest absolute Gasteiger partial charge is 0.478 e. The topological polar surface area (TPSA) is 72.8 Å². The molecule has 0 unspecified atom stereocenters. The Labute approximate surface area is 218 Å². The first-order valence-corrected chi connectivity index (χ1v) is 13.3. The van der Waals surface area contributed by atoms with Crippen LogP contribution in [0.2, 0.25) is 0 Å². The van der Waals surface area contributed by atoms with Crippen LogP contribution in [0, 0.1) is 5.92 Å². The minimum absolute atomic E-state index is 0.0299. The van der Waals surface area contributed by atoms with Crippen LogP contribution in [-0.2, 0) is 12.8 Å². The molecule has 5 nitrogen and oxygen atoms in total. The summed E-state index contributed by atoms with van der Waals surface area (Å²) in [5.74, 6) is -0.268. The average Bonchev–Trinajstić information content (AvgIpc) is 3.25. The van der Waals surface area contributed by atoms with Gasteiger partial charge in [0.15, 0.2) is 0 Å². The van der Waals surface area contributed by atoms with Crippen LogP contribution in [0.25, 0.3) is 11.1 Å². The van der Waals surface area contributed by atoms with Crippen molar-refractivity contribution in [3.63, 3.8) is 0 Å². The van der Waals surface area contributed by atoms with Gasteiger partial charge in [-0.15, -0.1) is 0 Å². The Bertz CT molecular complexity index is 1140. The van der Waals surface area contributed by atoms with Crippen molar-refractivity contribution in [2.75, 3.05) is 20.1 Å². The van der Waals surface area contributed by atoms with E-state index in [0.29, 0.717) is 19.0 Å². The lowest BCUT2D eigenvalue weighted by Gasteiger charge is -2.31. The fraction of sp³-hybridized carbons (Fsp3) is 0.367. The Morgan fingerprint density at radius 2 is 1.56 bits per heavy atom. The molecular formula is C30H36N2O3S. The number of benzene rings is 3. The van der Waals surface area contributed by atoms with Crippen LogP contribution in [0.1, 0.15) is 41.8 Å². The van der Waals surface area contributed by atoms with Crippen LogP contribution < -0.4 is 5.32 Å². The summed E-state index contributed by atoms with van der Waals surface area (Å²) in [6.45, 7) is 5.58. The summed E-state index contributed by atoms with van der Waals surface area (Å²) in [4.78, 5) is 12.1. The van der Waals surface area contributed by atoms with Gasteiger partial charge < -0.3 is 15.5 Å². The number of carboxylic acids is 1. The van der Waals surface area contributed by atoms with E-state index in [2.05, 4.69) is 59.9 Å². The Kier molecular flexibility index (Phi) is 8.52. The molecule has 3 aromatic rings. The first-order valence-electron chi connectivity index (χ1n) is 12.5. The summed E-state index contributed by atoms with van der Waals surface area (Å²) < 4.78 is 2.06. The minimum atomic E-state index is -0.919. The summed E-state index contributed by atoms with van der Waals surface area (Å²) in [6.07, 6.45) is 2.92. The number of nitrogens with zero attached hydrogens (tertiary/aromatic N) is 1. The molecule has 1 atom stereocenters. The molecule has 0 fully saturated rings. The second-order valence-corrected chi connectivity index (χ2v) is 11.8. The van der Waals surface area contributed by atoms with E-state index in [0.717, 1.165) is 35.3 Å². The molecule has 6 heteroatoms. The van der Waals surface area contributed by atoms with Crippen molar-refractivity contribution in [1.29, 1.82) is 0 Å². The van der Waals surface area contributed by atoms with E-state index in [9.17, 15) is 9.90 Å². The zero-order valence-electron chi connectivity index (χ0n) is 21.3. The van der Waals surface area contributed by atoms with Gasteiger partial charge in [0.25, 0.3) is 0 Å². The zero-order valence-corrected chi connectivity index (χ0v) is 22.1. The lowest BCUT2D eigenvalue weighted by Crippen LogP contribution is -2.46. The molecule has 0 radical (unpaired) electrons. The van der Waals surface area contributed by atoms with Crippen LogP contribution in [0.3, 0.4) is 0 Å². The van der Waals surface area contributed by atoms with Gasteiger partial charge in [0.2, 0.25) is 0 Å². The monoisotopic (exact) mass is 504 g/mol. The number of β-amino-alcohol motifs (C(OH)–C–C–N with tert-alkyl or cyclic N) is 1. The van der Waals surface area contributed by atoms with Crippen LogP contribution in [0.5, 0.6) is 0 Å². The number of hydrogen-bond donors (Lipinski definition) is 3. The number of hydrogen-bond acceptors (Lipinski definition) is 5. The van der Waals surface area contributed by atoms with Crippen molar-refractivity contribution in [3.05, 3.63) is 89.5 Å². The van der Waals surface area contributed by atoms with Gasteiger partial charge in [0, 0.05) is 23.5 Å². The predicted octanol–water partition coefficient (Wildman–Crippen LogP) is 5.52. The summed E-state index contributed by atoms with van der Waals surface area (Å²) in [5, 5.41) is 23.3. The quantitative estimate of drug-likeness (QED) is 0.299. The van der Waals surface area contributed by atoms with E-state index < -0.39 is 12.1 Å². The van der Waals surface area contributed by atoms with Crippen molar-refractivity contribution in [2.24, 2.45) is 5.92 Å². The highest BCUT2D eigenvalue weighted by molar-refractivity contribution is 7.97. The van der Waals surface area contributed by atoms with E-state index >= 15 is 0 Å². The van der Waals surface area contributed by atoms with Crippen molar-refractivity contribution < 1.29 is 15.0 Å². The maximum atomic E-state index is 11.0. The minimum Gasteiger partial charge on any atom is -0.478 e. The summed E-state index contributed by atoms with van der Waals surface area (Å²) in [6, 6.07) is 23.8. The molecule has 1 aliphatic rings. The van der Waals surface area contributed by atoms with Crippen molar-refractivity contribution in [2.45, 2.75) is 49.6 Å². The third kappa shape index (κ3) is 7.20. The van der Waals surface area contributed by atoms with Crippen molar-refractivity contribution >= 4 is 17.9 Å². The number of nitrogens with one attached hydrogen (secondary N) is 1. The second kappa shape index (κ2) is 11.6. The van der Waals surface area contributed by atoms with Gasteiger partial charge in [-0.25, -0.2) is 9.10 Å². The third-order valence-corrected chi connectivity index (χ3v) is 7.74. The normalized spacial score (nSPS) is 14.7. The molecule has 0 heterocycles. The Morgan fingerprint density at radius 3 is 2.11 bits per heavy atom. The molecule has 4 rings (SSSR count). The molecular weight excluding hydrogens is 468 g/mol. The van der Waals surface area contributed by atoms with Crippen molar-refractivity contribution in [3.8, 4) is 11.1 Å². The third-order valence-electron chi connectivity index (χ3n) is 6.80. The van der Waals surface area contributed by atoms with E-state index in [1.165, 1.54) is 11.1 Å². The maximum Gasteiger partial charge on any atom is 0.335 e. The van der Waals surface area contributed by atoms with Gasteiger partial charge in [-0.2, -0.15) is 0 Å². The van der Waals surface area contributed by atoms with E-state index in [1.54, 1.807) is 24.1 Å². The summed E-state index contributed by atoms with van der Waals surface area (Å²) >= 11 is 1.60. The molecule has 0 amide bonds. The van der Waals surface area contributed by atoms with Crippen LogP contribution in [-0.4, -0.2) is 52.3 Å². The molecule has 0 saturated heterocycles. The van der Waals surface area contributed by atoms with Gasteiger partial charge in [-0.05, 0) is 105 Å². The lowest BCUT2D eigenvalue weighted by molar-refractivity contribution is 0.0697. The number of fused-ring (bicyclic) bond motifs is 1. The lowest BCUT2D eigenvalue weighted by atomic mass is 9.88. The first kappa shape index (κ1) is 26.4. The van der Waals surface area contributed by atoms with E-state index in [-0.39, 0.29) is 11.1 Å². The molecule has 0 saturated carbocycles. The smallest absolute Gasteiger partial charge is 0.335 e. The number of likely N-dealkylation sites (N-methyl/N-ethyl adjacent to an activating group) is 1. The van der Waals surface area contributed by atoms with E-state index in [1.807, 2.05) is 31.3 Å². The number of aromatic carboxylic acids is 1. The SMILES string of the molecule is CN(C[C@H](O)CNC(C)(C)CC1Cc2ccccc2C1)Sc1ccc(-c2ccc(C(=O)O)cc2)cc1. The molecule has 0 aromatic heterocycles. The van der Waals surface area contributed by atoms with E-state index in [4.69, 9.17) is 5.11 Å². The number of aliphatic hydroxyl groups is 1. The fourth-order valence-corrected chi connectivity index (χ4v) is 5.94. The molecule has 3 N–H and O–H groups in total. The van der Waals surface area contributed by atoms with Gasteiger partial charge in [-0.3, -0.25) is 0 Å². The number of carboxylic acid groups (broad SMARTS) is 1. The van der Waals surface area contributed by atoms with Gasteiger partial charge in [0.1, 0.15) is 0 Å². The molecule has 3 aromatic carbocycles. The fourth-order valence-electron chi connectivity index (χ4n) is 5.07. The molecule has 0 spiro atoms. The summed E-state index contributed by atoms with van der Waals surface area (Å²) in [5.41, 5.74) is 5.25. The second-order valence-electron chi connectivity index (χ2n) is 10.5. The highest BCUT2D eigenvalue weighted by atomic mass is 32.2. The molecule has 0 bridgehead atoms. The zero-order chi connectivity index (χ0) is 25.7. The average molecular weight is 505 g/mol. The van der Waals surface area contributed by atoms with Gasteiger partial charge in [0.05, 0.1) is 11.7 Å². The number of rotatable bonds is 11. The maximum absolute atomic E-state index is 11.0. The molecule has 190 valence electrons. The predicted molar refractivity (Wildman–Crippen MR) is 147 cm³/mol. The van der Waals surface area contributed by atoms with Crippen LogP contribution in [0.15, 0.2) is 77.7 Å². The van der Waals surface area contributed by atoms with Crippen molar-refractivity contribution in [1.82, 2.24) is 9.62 Å². The van der Waals surface area contributed by atoms with Gasteiger partial charge >= 0.3 is 5.97 Å². The molecule has 0 aliphatic heterocycles. The first-order chi connectivity index (χ1) is 17.2. The number of aliphatic hydroxyl groups excluding tert-OH is 1. The summed E-state index contributed by atoms with van der Waals surface area (Å²) in [7, 11) is 1.99. The molecule has 36 heavy (non-hydrogen) atoms. The Morgan fingerprint density at radius 1 is 1.00 bits per heavy atom. The standard InChI is InChI=1S/C30H36N2O3S/c1-30(2,18-21-16-25-6-4-5-7-26(25)17-21)31-19-27(33)20-32(3)36-28-14-12-23(13-15-28)22-8-10-24(11-9-22)29(34)35/h4-15,21,27,31,33H,16-20H2,1-3H3,(H,34,35)/t27-/m1/s1. The van der Waals surface area contributed by atoms with Crippen LogP contribution >= 0.6 is 11.9 Å². The Balaban J connectivity index is 1.21. The number of carbonyl (C=O) groups is 1. The molecule has 1 aliphatic carbocycles. The highest BCUT2D eigenvalue weighted by Gasteiger charge is 2.28. The van der Waals surface area contributed by atoms with Gasteiger partial charge in [-0.1, -0.05) is 48.5 Å². The Hall–Kier alpha value is -2.64. The highest BCUT2D eigenvalue weighted by Crippen LogP contribution is 2.32. The van der Waals surface area contributed by atoms with Crippen LogP contribution in [0.4, 0.5) is 0 Å².